The van der Waals surface area contributed by atoms with Gasteiger partial charge in [0, 0.05) is 2.74 Å². The molecule has 0 saturated carbocycles. The van der Waals surface area contributed by atoms with Crippen LogP contribution >= 0.6 is 0 Å². The summed E-state index contributed by atoms with van der Waals surface area (Å²) in [6, 6.07) is 17.1. The third-order valence-corrected chi connectivity index (χ3v) is 4.94. The number of aryl methyl sites for hydroxylation is 1. The lowest BCUT2D eigenvalue weighted by atomic mass is 9.81. The quantitative estimate of drug-likeness (QED) is 0.500. The van der Waals surface area contributed by atoms with Crippen molar-refractivity contribution in [2.75, 3.05) is 0 Å². The third kappa shape index (κ3) is 1.48. The first-order valence-corrected chi connectivity index (χ1v) is 7.37. The molecule has 0 radical (unpaired) electrons. The first-order valence-electron chi connectivity index (χ1n) is 8.52. The van der Waals surface area contributed by atoms with E-state index in [1.165, 1.54) is 21.7 Å². The normalized spacial score (nSPS) is 30.3. The van der Waals surface area contributed by atoms with E-state index in [2.05, 4.69) is 62.4 Å². The summed E-state index contributed by atoms with van der Waals surface area (Å²) in [6.45, 7) is 4.28. The summed E-state index contributed by atoms with van der Waals surface area (Å²) < 4.78 is 17.1. The first kappa shape index (κ1) is 9.99. The van der Waals surface area contributed by atoms with Crippen LogP contribution in [-0.2, 0) is 11.8 Å². The van der Waals surface area contributed by atoms with Gasteiger partial charge in [0.2, 0.25) is 0 Å². The first-order chi connectivity index (χ1) is 10.6. The van der Waals surface area contributed by atoms with Crippen molar-refractivity contribution >= 4 is 21.5 Å². The highest BCUT2D eigenvalue weighted by Gasteiger charge is 2.33. The number of rotatable bonds is 1. The second-order valence-corrected chi connectivity index (χ2v) is 6.01. The van der Waals surface area contributed by atoms with Crippen LogP contribution in [0.2, 0.25) is 0 Å². The summed E-state index contributed by atoms with van der Waals surface area (Å²) in [5.41, 5.74) is 2.08. The fraction of sp³-hybridized carbons (Fsp3) is 0.300. The molecule has 3 aromatic carbocycles. The zero-order chi connectivity index (χ0) is 15.5. The van der Waals surface area contributed by atoms with Gasteiger partial charge in [0.25, 0.3) is 0 Å². The molecule has 0 aromatic heterocycles. The highest BCUT2D eigenvalue weighted by molar-refractivity contribution is 6.08. The van der Waals surface area contributed by atoms with E-state index in [1.807, 2.05) is 0 Å². The second-order valence-electron chi connectivity index (χ2n) is 6.01. The van der Waals surface area contributed by atoms with E-state index in [1.54, 1.807) is 0 Å². The molecule has 20 heavy (non-hydrogen) atoms. The number of hydrogen-bond donors (Lipinski definition) is 0. The van der Waals surface area contributed by atoms with Crippen molar-refractivity contribution in [3.63, 3.8) is 0 Å². The SMILES string of the molecule is [2H]C1c2c(ccc3c2ccc2ccccc23)[C@](C)(CC)C1[2H]. The minimum Gasteiger partial charge on any atom is -0.0645 e. The highest BCUT2D eigenvalue weighted by atomic mass is 14.4. The molecular weight excluding hydrogens is 240 g/mol. The minimum atomic E-state index is -0.454. The molecule has 0 saturated heterocycles. The Balaban J connectivity index is 2.12. The molecule has 0 heterocycles. The lowest BCUT2D eigenvalue weighted by molar-refractivity contribution is 0.453. The number of hydrogen-bond acceptors (Lipinski definition) is 0. The van der Waals surface area contributed by atoms with Gasteiger partial charge in [-0.2, -0.15) is 0 Å². The zero-order valence-electron chi connectivity index (χ0n) is 14.0. The molecule has 0 fully saturated rings. The maximum atomic E-state index is 8.58. The van der Waals surface area contributed by atoms with Gasteiger partial charge < -0.3 is 0 Å². The molecule has 3 atom stereocenters. The van der Waals surface area contributed by atoms with Crippen molar-refractivity contribution in [2.24, 2.45) is 0 Å². The fourth-order valence-electron chi connectivity index (χ4n) is 3.45. The summed E-state index contributed by atoms with van der Waals surface area (Å²) in [5, 5.41) is 4.84. The Labute approximate surface area is 123 Å². The summed E-state index contributed by atoms with van der Waals surface area (Å²) >= 11 is 0. The monoisotopic (exact) mass is 262 g/mol. The Bertz CT molecular complexity index is 883. The van der Waals surface area contributed by atoms with Crippen molar-refractivity contribution in [1.82, 2.24) is 0 Å². The molecule has 0 nitrogen and oxygen atoms in total. The molecular formula is C20H20. The van der Waals surface area contributed by atoms with E-state index >= 15 is 0 Å². The van der Waals surface area contributed by atoms with Gasteiger partial charge in [-0.05, 0) is 57.3 Å². The Morgan fingerprint density at radius 2 is 1.80 bits per heavy atom. The molecule has 0 aliphatic heterocycles. The zero-order valence-corrected chi connectivity index (χ0v) is 12.0. The van der Waals surface area contributed by atoms with Gasteiger partial charge in [-0.3, -0.25) is 0 Å². The van der Waals surface area contributed by atoms with Crippen molar-refractivity contribution in [2.45, 2.75) is 38.5 Å². The van der Waals surface area contributed by atoms with Crippen molar-refractivity contribution in [1.29, 1.82) is 0 Å². The van der Waals surface area contributed by atoms with Crippen LogP contribution < -0.4 is 0 Å². The maximum Gasteiger partial charge on any atom is 0.0317 e. The molecule has 0 N–H and O–H groups in total. The lowest BCUT2D eigenvalue weighted by Crippen LogP contribution is -2.16. The van der Waals surface area contributed by atoms with Crippen LogP contribution in [0.15, 0.2) is 48.5 Å². The molecule has 2 unspecified atom stereocenters. The van der Waals surface area contributed by atoms with E-state index in [-0.39, 0.29) is 11.8 Å². The van der Waals surface area contributed by atoms with Crippen molar-refractivity contribution in [3.8, 4) is 0 Å². The van der Waals surface area contributed by atoms with E-state index < -0.39 is 6.40 Å². The standard InChI is InChI=1S/C20H20/c1-3-20(2)13-12-18-17-9-8-14-6-4-5-7-15(14)16(17)10-11-19(18)20/h4-11H,3,12-13H2,1-2H3/t20-/m1/s1/i12D,13D/t12?,13?,20-. The van der Waals surface area contributed by atoms with E-state index in [9.17, 15) is 0 Å². The Kier molecular flexibility index (Phi) is 2.04. The van der Waals surface area contributed by atoms with Crippen LogP contribution in [0.1, 0.15) is 40.5 Å². The van der Waals surface area contributed by atoms with Gasteiger partial charge >= 0.3 is 0 Å². The largest absolute Gasteiger partial charge is 0.0645 e. The van der Waals surface area contributed by atoms with Crippen LogP contribution in [-0.4, -0.2) is 0 Å². The van der Waals surface area contributed by atoms with E-state index in [0.717, 1.165) is 17.4 Å². The average Bonchev–Trinajstić information content (AvgIpc) is 2.77. The average molecular weight is 262 g/mol. The van der Waals surface area contributed by atoms with Crippen LogP contribution in [0.4, 0.5) is 0 Å². The van der Waals surface area contributed by atoms with Crippen LogP contribution in [0, 0.1) is 0 Å². The van der Waals surface area contributed by atoms with Gasteiger partial charge in [0.15, 0.2) is 0 Å². The van der Waals surface area contributed by atoms with Gasteiger partial charge in [0.1, 0.15) is 0 Å². The molecule has 0 amide bonds. The van der Waals surface area contributed by atoms with Crippen LogP contribution in [0.25, 0.3) is 21.5 Å². The van der Waals surface area contributed by atoms with Crippen LogP contribution in [0.5, 0.6) is 0 Å². The van der Waals surface area contributed by atoms with Gasteiger partial charge in [-0.15, -0.1) is 0 Å². The predicted octanol–water partition coefficient (Wildman–Crippen LogP) is 5.61. The number of fused-ring (bicyclic) bond motifs is 5. The molecule has 1 aliphatic rings. The van der Waals surface area contributed by atoms with Gasteiger partial charge in [0.05, 0.1) is 0 Å². The molecule has 0 bridgehead atoms. The summed E-state index contributed by atoms with van der Waals surface area (Å²) in [6.07, 6.45) is 0.0669. The Hall–Kier alpha value is -1.82. The Morgan fingerprint density at radius 3 is 2.65 bits per heavy atom. The van der Waals surface area contributed by atoms with Crippen molar-refractivity contribution < 1.29 is 2.74 Å². The van der Waals surface area contributed by atoms with Gasteiger partial charge in [-0.1, -0.05) is 62.4 Å². The molecule has 0 spiro atoms. The minimum absolute atomic E-state index is 0.207. The second kappa shape index (κ2) is 4.09. The Morgan fingerprint density at radius 1 is 1.00 bits per heavy atom. The maximum absolute atomic E-state index is 8.58. The fourth-order valence-corrected chi connectivity index (χ4v) is 3.45. The third-order valence-electron chi connectivity index (χ3n) is 4.94. The molecule has 3 aromatic rings. The molecule has 0 heteroatoms. The van der Waals surface area contributed by atoms with Crippen molar-refractivity contribution in [3.05, 3.63) is 59.7 Å². The summed E-state index contributed by atoms with van der Waals surface area (Å²) in [5.74, 6) is 0. The molecule has 100 valence electrons. The van der Waals surface area contributed by atoms with Gasteiger partial charge in [-0.25, -0.2) is 0 Å². The topological polar surface area (TPSA) is 0 Å². The smallest absolute Gasteiger partial charge is 0.0317 e. The summed E-state index contributed by atoms with van der Waals surface area (Å²) in [4.78, 5) is 0. The van der Waals surface area contributed by atoms with E-state index in [4.69, 9.17) is 2.74 Å². The highest BCUT2D eigenvalue weighted by Crippen LogP contribution is 2.44. The lowest BCUT2D eigenvalue weighted by Gasteiger charge is -2.23. The predicted molar refractivity (Wildman–Crippen MR) is 87.4 cm³/mol. The molecule has 4 rings (SSSR count). The van der Waals surface area contributed by atoms with Crippen LogP contribution in [0.3, 0.4) is 0 Å². The summed E-state index contributed by atoms with van der Waals surface area (Å²) in [7, 11) is 0. The number of benzene rings is 3. The van der Waals surface area contributed by atoms with E-state index in [0.29, 0.717) is 0 Å². The molecule has 1 aliphatic carbocycles.